The fourth-order valence-electron chi connectivity index (χ4n) is 2.01. The summed E-state index contributed by atoms with van der Waals surface area (Å²) in [6, 6.07) is 0. The van der Waals surface area contributed by atoms with Gasteiger partial charge in [0.25, 0.3) is 0 Å². The number of hydrogen-bond donors (Lipinski definition) is 2. The van der Waals surface area contributed by atoms with E-state index in [2.05, 4.69) is 5.16 Å². The highest BCUT2D eigenvalue weighted by Crippen LogP contribution is 2.19. The van der Waals surface area contributed by atoms with Crippen LogP contribution in [0.25, 0.3) is 0 Å². The van der Waals surface area contributed by atoms with Crippen LogP contribution in [0.1, 0.15) is 51.4 Å². The minimum Gasteiger partial charge on any atom is -0.411 e. The molecule has 0 spiro atoms. The van der Waals surface area contributed by atoms with Gasteiger partial charge >= 0.3 is 0 Å². The molecule has 2 N–H and O–H groups in total. The minimum absolute atomic E-state index is 0.298. The van der Waals surface area contributed by atoms with Gasteiger partial charge in [0, 0.05) is 13.2 Å². The van der Waals surface area contributed by atoms with Gasteiger partial charge in [-0.25, -0.2) is 0 Å². The first-order chi connectivity index (χ1) is 7.86. The van der Waals surface area contributed by atoms with Crippen LogP contribution in [0.3, 0.4) is 0 Å². The molecule has 0 amide bonds. The number of rotatable bonds is 7. The average Bonchev–Trinajstić information content (AvgIpc) is 2.34. The molecule has 16 heavy (non-hydrogen) atoms. The summed E-state index contributed by atoms with van der Waals surface area (Å²) >= 11 is 0. The molecular weight excluding hydrogens is 206 g/mol. The zero-order chi connectivity index (χ0) is 11.6. The normalized spacial score (nSPS) is 21.1. The second-order valence-electron chi connectivity index (χ2n) is 4.37. The van der Waals surface area contributed by atoms with Gasteiger partial charge in [0.05, 0.1) is 11.8 Å². The maximum Gasteiger partial charge on any atom is 0.0582 e. The van der Waals surface area contributed by atoms with Crippen molar-refractivity contribution in [3.63, 3.8) is 0 Å². The smallest absolute Gasteiger partial charge is 0.0582 e. The Morgan fingerprint density at radius 1 is 1.12 bits per heavy atom. The number of unbranched alkanes of at least 4 members (excludes halogenated alkanes) is 3. The molecule has 0 aromatic heterocycles. The molecular formula is C12H23NO3. The van der Waals surface area contributed by atoms with Gasteiger partial charge in [-0.15, -0.1) is 0 Å². The van der Waals surface area contributed by atoms with E-state index in [9.17, 15) is 0 Å². The predicted octanol–water partition coefficient (Wildman–Crippen LogP) is 2.33. The van der Waals surface area contributed by atoms with E-state index in [-0.39, 0.29) is 0 Å². The lowest BCUT2D eigenvalue weighted by Gasteiger charge is -2.22. The van der Waals surface area contributed by atoms with Crippen molar-refractivity contribution >= 4 is 5.71 Å². The van der Waals surface area contributed by atoms with E-state index in [1.165, 1.54) is 0 Å². The van der Waals surface area contributed by atoms with Gasteiger partial charge in [-0.3, -0.25) is 0 Å². The molecule has 0 bridgehead atoms. The van der Waals surface area contributed by atoms with Gasteiger partial charge in [-0.05, 0) is 38.5 Å². The third kappa shape index (κ3) is 5.47. The molecule has 1 saturated carbocycles. The Bertz CT molecular complexity index is 196. The second-order valence-corrected chi connectivity index (χ2v) is 4.37. The largest absolute Gasteiger partial charge is 0.411 e. The molecule has 0 aromatic rings. The van der Waals surface area contributed by atoms with Crippen LogP contribution >= 0.6 is 0 Å². The molecule has 0 radical (unpaired) electrons. The SMILES string of the molecule is OCCCCCCOC1CCC(=NO)CC1. The van der Waals surface area contributed by atoms with Gasteiger partial charge in [-0.2, -0.15) is 0 Å². The van der Waals surface area contributed by atoms with Crippen molar-refractivity contribution in [2.24, 2.45) is 5.16 Å². The number of nitrogens with zero attached hydrogens (tertiary/aromatic N) is 1. The third-order valence-corrected chi connectivity index (χ3v) is 3.06. The van der Waals surface area contributed by atoms with Crippen LogP contribution in [-0.2, 0) is 4.74 Å². The molecule has 4 heteroatoms. The fraction of sp³-hybridized carbons (Fsp3) is 0.917. The summed E-state index contributed by atoms with van der Waals surface area (Å²) in [5.74, 6) is 0. The maximum atomic E-state index is 8.61. The maximum absolute atomic E-state index is 8.61. The zero-order valence-corrected chi connectivity index (χ0v) is 9.90. The molecule has 0 heterocycles. The van der Waals surface area contributed by atoms with Crippen molar-refractivity contribution in [2.45, 2.75) is 57.5 Å². The van der Waals surface area contributed by atoms with Crippen molar-refractivity contribution < 1.29 is 15.1 Å². The summed E-state index contributed by atoms with van der Waals surface area (Å²) in [5, 5.41) is 20.5. The van der Waals surface area contributed by atoms with Crippen LogP contribution in [0.15, 0.2) is 5.16 Å². The van der Waals surface area contributed by atoms with E-state index in [1.807, 2.05) is 0 Å². The summed E-state index contributed by atoms with van der Waals surface area (Å²) in [6.45, 7) is 1.12. The Morgan fingerprint density at radius 2 is 1.81 bits per heavy atom. The molecule has 0 saturated heterocycles. The Morgan fingerprint density at radius 3 is 2.44 bits per heavy atom. The molecule has 1 aliphatic carbocycles. The molecule has 1 fully saturated rings. The summed E-state index contributed by atoms with van der Waals surface area (Å²) in [6.07, 6.45) is 8.26. The molecule has 0 aliphatic heterocycles. The van der Waals surface area contributed by atoms with Crippen LogP contribution in [0.2, 0.25) is 0 Å². The summed E-state index contributed by atoms with van der Waals surface area (Å²) in [5.41, 5.74) is 0.905. The zero-order valence-electron chi connectivity index (χ0n) is 9.90. The average molecular weight is 229 g/mol. The van der Waals surface area contributed by atoms with Crippen molar-refractivity contribution in [3.8, 4) is 0 Å². The van der Waals surface area contributed by atoms with E-state index >= 15 is 0 Å². The van der Waals surface area contributed by atoms with E-state index in [0.717, 1.165) is 63.7 Å². The van der Waals surface area contributed by atoms with Crippen LogP contribution in [-0.4, -0.2) is 35.3 Å². The molecule has 94 valence electrons. The van der Waals surface area contributed by atoms with E-state index in [0.29, 0.717) is 12.7 Å². The topological polar surface area (TPSA) is 62.0 Å². The molecule has 0 aromatic carbocycles. The number of aliphatic hydroxyl groups is 1. The Hall–Kier alpha value is -0.610. The first-order valence-corrected chi connectivity index (χ1v) is 6.29. The van der Waals surface area contributed by atoms with Gasteiger partial charge in [0.2, 0.25) is 0 Å². The molecule has 0 atom stereocenters. The number of hydrogen-bond acceptors (Lipinski definition) is 4. The highest BCUT2D eigenvalue weighted by Gasteiger charge is 2.17. The third-order valence-electron chi connectivity index (χ3n) is 3.06. The standard InChI is InChI=1S/C12H23NO3/c14-9-3-1-2-4-10-16-12-7-5-11(13-15)6-8-12/h12,14-15H,1-10H2. The van der Waals surface area contributed by atoms with Crippen molar-refractivity contribution in [1.82, 2.24) is 0 Å². The monoisotopic (exact) mass is 229 g/mol. The highest BCUT2D eigenvalue weighted by atomic mass is 16.5. The summed E-state index contributed by atoms with van der Waals surface area (Å²) < 4.78 is 5.76. The Balaban J connectivity index is 1.94. The lowest BCUT2D eigenvalue weighted by atomic mass is 9.96. The Kier molecular flexibility index (Phi) is 7.17. The first kappa shape index (κ1) is 13.5. The van der Waals surface area contributed by atoms with Crippen LogP contribution in [0.4, 0.5) is 0 Å². The van der Waals surface area contributed by atoms with Gasteiger partial charge in [0.1, 0.15) is 0 Å². The molecule has 1 rings (SSSR count). The van der Waals surface area contributed by atoms with Crippen molar-refractivity contribution in [2.75, 3.05) is 13.2 Å². The number of ether oxygens (including phenoxy) is 1. The van der Waals surface area contributed by atoms with Gasteiger partial charge in [-0.1, -0.05) is 18.0 Å². The second kappa shape index (κ2) is 8.53. The summed E-state index contributed by atoms with van der Waals surface area (Å²) in [7, 11) is 0. The van der Waals surface area contributed by atoms with Crippen LogP contribution in [0, 0.1) is 0 Å². The fourth-order valence-corrected chi connectivity index (χ4v) is 2.01. The van der Waals surface area contributed by atoms with Gasteiger partial charge in [0.15, 0.2) is 0 Å². The van der Waals surface area contributed by atoms with Crippen LogP contribution < -0.4 is 0 Å². The Labute approximate surface area is 97.3 Å². The minimum atomic E-state index is 0.298. The number of aliphatic hydroxyl groups excluding tert-OH is 1. The quantitative estimate of drug-likeness (QED) is 0.400. The van der Waals surface area contributed by atoms with E-state index in [1.54, 1.807) is 0 Å². The highest BCUT2D eigenvalue weighted by molar-refractivity contribution is 5.84. The summed E-state index contributed by atoms with van der Waals surface area (Å²) in [4.78, 5) is 0. The predicted molar refractivity (Wildman–Crippen MR) is 63.0 cm³/mol. The lowest BCUT2D eigenvalue weighted by molar-refractivity contribution is 0.0373. The molecule has 0 unspecified atom stereocenters. The molecule has 4 nitrogen and oxygen atoms in total. The first-order valence-electron chi connectivity index (χ1n) is 6.29. The van der Waals surface area contributed by atoms with Gasteiger partial charge < -0.3 is 15.1 Å². The van der Waals surface area contributed by atoms with Crippen LogP contribution in [0.5, 0.6) is 0 Å². The van der Waals surface area contributed by atoms with Crippen molar-refractivity contribution in [3.05, 3.63) is 0 Å². The molecule has 1 aliphatic rings. The van der Waals surface area contributed by atoms with Crippen molar-refractivity contribution in [1.29, 1.82) is 0 Å². The lowest BCUT2D eigenvalue weighted by Crippen LogP contribution is -2.22. The van der Waals surface area contributed by atoms with E-state index < -0.39 is 0 Å². The number of oxime groups is 1. The van der Waals surface area contributed by atoms with E-state index in [4.69, 9.17) is 15.1 Å².